The average molecular weight is 514 g/mol. The average Bonchev–Trinajstić information content (AvgIpc) is 3.21. The summed E-state index contributed by atoms with van der Waals surface area (Å²) in [6, 6.07) is 6.87. The van der Waals surface area contributed by atoms with Crippen LogP contribution in [0.5, 0.6) is 0 Å². The van der Waals surface area contributed by atoms with Crippen molar-refractivity contribution in [2.45, 2.75) is 29.4 Å². The number of piperidine rings is 1. The van der Waals surface area contributed by atoms with Gasteiger partial charge in [0, 0.05) is 37.0 Å². The summed E-state index contributed by atoms with van der Waals surface area (Å²) in [5.74, 6) is -1.29. The molecule has 1 aliphatic heterocycles. The maximum atomic E-state index is 13.4. The van der Waals surface area contributed by atoms with E-state index >= 15 is 0 Å². The van der Waals surface area contributed by atoms with Gasteiger partial charge >= 0.3 is 0 Å². The van der Waals surface area contributed by atoms with Crippen LogP contribution in [0.15, 0.2) is 46.7 Å². The van der Waals surface area contributed by atoms with E-state index in [1.54, 1.807) is 0 Å². The number of hydrogen-bond acceptors (Lipinski definition) is 7. The van der Waals surface area contributed by atoms with Gasteiger partial charge in [0.2, 0.25) is 0 Å². The Labute approximate surface area is 197 Å². The van der Waals surface area contributed by atoms with Crippen LogP contribution in [0.1, 0.15) is 24.1 Å². The fourth-order valence-corrected chi connectivity index (χ4v) is 6.62. The highest BCUT2D eigenvalue weighted by Gasteiger charge is 2.33. The lowest BCUT2D eigenvalue weighted by Crippen LogP contribution is -2.39. The van der Waals surface area contributed by atoms with Crippen LogP contribution in [-0.2, 0) is 16.3 Å². The summed E-state index contributed by atoms with van der Waals surface area (Å²) in [4.78, 5) is 16.8. The van der Waals surface area contributed by atoms with Crippen LogP contribution in [0.4, 0.5) is 19.6 Å². The van der Waals surface area contributed by atoms with Crippen molar-refractivity contribution in [1.82, 2.24) is 4.98 Å². The number of halogens is 3. The minimum Gasteiger partial charge on any atom is -0.348 e. The zero-order valence-corrected chi connectivity index (χ0v) is 19.5. The maximum absolute atomic E-state index is 13.4. The summed E-state index contributed by atoms with van der Waals surface area (Å²) in [5, 5.41) is 12.8. The molecule has 0 unspecified atom stereocenters. The Morgan fingerprint density at radius 1 is 1.15 bits per heavy atom. The van der Waals surface area contributed by atoms with Gasteiger partial charge in [0.15, 0.2) is 15.0 Å². The Hall–Kier alpha value is -2.63. The Morgan fingerprint density at radius 2 is 1.82 bits per heavy atom. The summed E-state index contributed by atoms with van der Waals surface area (Å²) in [7, 11) is -3.76. The highest BCUT2D eigenvalue weighted by molar-refractivity contribution is 7.92. The van der Waals surface area contributed by atoms with Gasteiger partial charge in [-0.15, -0.1) is 11.3 Å². The fraction of sp³-hybridized carbons (Fsp3) is 0.286. The number of anilines is 1. The van der Waals surface area contributed by atoms with Gasteiger partial charge in [0.05, 0.1) is 20.8 Å². The summed E-state index contributed by atoms with van der Waals surface area (Å²) in [6.45, 7) is 0.891. The van der Waals surface area contributed by atoms with Crippen molar-refractivity contribution in [3.05, 3.63) is 79.8 Å². The highest BCUT2D eigenvalue weighted by atomic mass is 35.5. The molecule has 4 rings (SSSR count). The fourth-order valence-electron chi connectivity index (χ4n) is 3.80. The minimum atomic E-state index is -3.76. The van der Waals surface area contributed by atoms with Gasteiger partial charge in [0.1, 0.15) is 16.7 Å². The lowest BCUT2D eigenvalue weighted by atomic mass is 10.1. The van der Waals surface area contributed by atoms with Gasteiger partial charge < -0.3 is 4.90 Å². The normalized spacial score (nSPS) is 15.1. The van der Waals surface area contributed by atoms with E-state index < -0.39 is 37.3 Å². The zero-order valence-electron chi connectivity index (χ0n) is 17.1. The number of nitrogens with zero attached hydrogens (tertiary/aromatic N) is 3. The third kappa shape index (κ3) is 5.15. The molecule has 0 saturated carbocycles. The maximum Gasteiger partial charge on any atom is 0.289 e. The number of rotatable bonds is 6. The summed E-state index contributed by atoms with van der Waals surface area (Å²) >= 11 is 7.18. The van der Waals surface area contributed by atoms with Crippen molar-refractivity contribution in [1.29, 1.82) is 0 Å². The molecular formula is C21H18ClF2N3O4S2. The predicted octanol–water partition coefficient (Wildman–Crippen LogP) is 5.02. The molecular weight excluding hydrogens is 496 g/mol. The van der Waals surface area contributed by atoms with Gasteiger partial charge in [-0.25, -0.2) is 22.2 Å². The molecule has 1 fully saturated rings. The van der Waals surface area contributed by atoms with Crippen LogP contribution < -0.4 is 4.90 Å². The zero-order chi connectivity index (χ0) is 23.8. The Balaban J connectivity index is 1.43. The standard InChI is InChI=1S/C21H18ClF2N3O4S2/c22-19-2-1-18(11-20(19)27(28)29)33(30,31)17-3-5-26(6-4-17)21-25-16(12-32-21)9-13-7-14(23)10-15(24)8-13/h1-2,7-8,10-12,17H,3-6,9H2. The smallest absolute Gasteiger partial charge is 0.289 e. The van der Waals surface area contributed by atoms with E-state index in [9.17, 15) is 27.3 Å². The lowest BCUT2D eigenvalue weighted by molar-refractivity contribution is -0.384. The summed E-state index contributed by atoms with van der Waals surface area (Å²) in [6.07, 6.45) is 0.955. The number of aromatic nitrogens is 1. The van der Waals surface area contributed by atoms with Gasteiger partial charge in [-0.05, 0) is 42.7 Å². The van der Waals surface area contributed by atoms with Crippen molar-refractivity contribution in [3.63, 3.8) is 0 Å². The molecule has 33 heavy (non-hydrogen) atoms. The van der Waals surface area contributed by atoms with E-state index in [1.165, 1.54) is 35.6 Å². The van der Waals surface area contributed by atoms with E-state index in [0.29, 0.717) is 42.3 Å². The molecule has 12 heteroatoms. The second kappa shape index (κ2) is 9.32. The second-order valence-electron chi connectivity index (χ2n) is 7.68. The Bertz CT molecular complexity index is 1290. The quantitative estimate of drug-likeness (QED) is 0.339. The predicted molar refractivity (Wildman–Crippen MR) is 122 cm³/mol. The summed E-state index contributed by atoms with van der Waals surface area (Å²) < 4.78 is 52.9. The van der Waals surface area contributed by atoms with E-state index in [1.807, 2.05) is 10.3 Å². The van der Waals surface area contributed by atoms with Crippen LogP contribution in [-0.4, -0.2) is 36.7 Å². The monoisotopic (exact) mass is 513 g/mol. The van der Waals surface area contributed by atoms with Crippen molar-refractivity contribution in [2.24, 2.45) is 0 Å². The third-order valence-corrected chi connectivity index (χ3v) is 8.97. The summed E-state index contributed by atoms with van der Waals surface area (Å²) in [5.41, 5.74) is 0.707. The molecule has 7 nitrogen and oxygen atoms in total. The van der Waals surface area contributed by atoms with Gasteiger partial charge in [-0.1, -0.05) is 11.6 Å². The number of sulfone groups is 1. The van der Waals surface area contributed by atoms with Crippen molar-refractivity contribution < 1.29 is 22.1 Å². The number of nitro benzene ring substituents is 1. The van der Waals surface area contributed by atoms with Crippen LogP contribution in [0.3, 0.4) is 0 Å². The molecule has 174 valence electrons. The van der Waals surface area contributed by atoms with Crippen LogP contribution in [0, 0.1) is 21.7 Å². The molecule has 0 aliphatic carbocycles. The topological polar surface area (TPSA) is 93.4 Å². The molecule has 1 aliphatic rings. The molecule has 2 aromatic carbocycles. The molecule has 0 N–H and O–H groups in total. The first-order chi connectivity index (χ1) is 15.6. The van der Waals surface area contributed by atoms with E-state index in [0.717, 1.165) is 12.1 Å². The second-order valence-corrected chi connectivity index (χ2v) is 11.1. The number of nitro groups is 1. The minimum absolute atomic E-state index is 0.115. The molecule has 0 atom stereocenters. The number of thiazole rings is 1. The first-order valence-corrected chi connectivity index (χ1v) is 12.8. The van der Waals surface area contributed by atoms with Crippen LogP contribution in [0.25, 0.3) is 0 Å². The number of hydrogen-bond donors (Lipinski definition) is 0. The van der Waals surface area contributed by atoms with Crippen molar-refractivity contribution in [3.8, 4) is 0 Å². The molecule has 0 amide bonds. The molecule has 1 aromatic heterocycles. The first-order valence-electron chi connectivity index (χ1n) is 9.95. The molecule has 1 saturated heterocycles. The molecule has 0 radical (unpaired) electrons. The molecule has 0 bridgehead atoms. The molecule has 2 heterocycles. The SMILES string of the molecule is O=[N+]([O-])c1cc(S(=O)(=O)C2CCN(c3nc(Cc4cc(F)cc(F)c4)cs3)CC2)ccc1Cl. The first kappa shape index (κ1) is 23.5. The molecule has 3 aromatic rings. The lowest BCUT2D eigenvalue weighted by Gasteiger charge is -2.31. The van der Waals surface area contributed by atoms with Crippen molar-refractivity contribution in [2.75, 3.05) is 18.0 Å². The van der Waals surface area contributed by atoms with Gasteiger partial charge in [-0.3, -0.25) is 10.1 Å². The van der Waals surface area contributed by atoms with Crippen LogP contribution in [0.2, 0.25) is 5.02 Å². The van der Waals surface area contributed by atoms with Gasteiger partial charge in [-0.2, -0.15) is 0 Å². The Kier molecular flexibility index (Phi) is 6.64. The van der Waals surface area contributed by atoms with Gasteiger partial charge in [0.25, 0.3) is 5.69 Å². The van der Waals surface area contributed by atoms with E-state index in [-0.39, 0.29) is 16.3 Å². The third-order valence-electron chi connectivity index (χ3n) is 5.44. The highest BCUT2D eigenvalue weighted by Crippen LogP contribution is 2.33. The Morgan fingerprint density at radius 3 is 2.45 bits per heavy atom. The van der Waals surface area contributed by atoms with E-state index in [4.69, 9.17) is 11.6 Å². The largest absolute Gasteiger partial charge is 0.348 e. The van der Waals surface area contributed by atoms with Crippen molar-refractivity contribution >= 4 is 43.6 Å². The van der Waals surface area contributed by atoms with E-state index in [2.05, 4.69) is 4.98 Å². The molecule has 0 spiro atoms. The number of benzene rings is 2. The van der Waals surface area contributed by atoms with Crippen LogP contribution >= 0.6 is 22.9 Å².